The van der Waals surface area contributed by atoms with E-state index in [0.717, 1.165) is 17.1 Å². The van der Waals surface area contributed by atoms with Crippen LogP contribution in [-0.4, -0.2) is 23.7 Å². The van der Waals surface area contributed by atoms with Crippen LogP contribution in [0.1, 0.15) is 43.4 Å². The van der Waals surface area contributed by atoms with E-state index < -0.39 is 5.97 Å². The lowest BCUT2D eigenvalue weighted by Gasteiger charge is -2.15. The molecule has 1 aromatic heterocycles. The van der Waals surface area contributed by atoms with Gasteiger partial charge in [-0.25, -0.2) is 4.79 Å². The fourth-order valence-corrected chi connectivity index (χ4v) is 2.04. The van der Waals surface area contributed by atoms with Crippen LogP contribution in [0.25, 0.3) is 0 Å². The van der Waals surface area contributed by atoms with Gasteiger partial charge in [0.2, 0.25) is 0 Å². The van der Waals surface area contributed by atoms with Crippen molar-refractivity contribution < 1.29 is 19.1 Å². The molecule has 0 aromatic carbocycles. The van der Waals surface area contributed by atoms with Gasteiger partial charge in [-0.3, -0.25) is 4.79 Å². The zero-order valence-electron chi connectivity index (χ0n) is 12.3. The van der Waals surface area contributed by atoms with E-state index in [1.807, 2.05) is 26.8 Å². The summed E-state index contributed by atoms with van der Waals surface area (Å²) in [5.41, 5.74) is 0.941. The molecular formula is C14H22N2O4. The van der Waals surface area contributed by atoms with Gasteiger partial charge >= 0.3 is 12.0 Å². The highest BCUT2D eigenvalue weighted by atomic mass is 16.4. The second-order valence-electron chi connectivity index (χ2n) is 5.15. The van der Waals surface area contributed by atoms with Crippen LogP contribution in [0.3, 0.4) is 0 Å². The maximum atomic E-state index is 11.7. The molecule has 1 rings (SSSR count). The second-order valence-corrected chi connectivity index (χ2v) is 5.15. The molecule has 6 heteroatoms. The molecule has 1 heterocycles. The highest BCUT2D eigenvalue weighted by Gasteiger charge is 2.15. The van der Waals surface area contributed by atoms with E-state index in [1.165, 1.54) is 0 Å². The number of rotatable bonds is 6. The minimum absolute atomic E-state index is 0.0376. The van der Waals surface area contributed by atoms with Gasteiger partial charge in [-0.1, -0.05) is 6.92 Å². The molecule has 0 saturated heterocycles. The largest absolute Gasteiger partial charge is 0.481 e. The molecule has 0 aliphatic carbocycles. The fourth-order valence-electron chi connectivity index (χ4n) is 2.04. The third-order valence-corrected chi connectivity index (χ3v) is 3.03. The summed E-state index contributed by atoms with van der Waals surface area (Å²) in [5, 5.41) is 14.1. The summed E-state index contributed by atoms with van der Waals surface area (Å²) in [7, 11) is 0. The van der Waals surface area contributed by atoms with Crippen LogP contribution in [0.15, 0.2) is 10.5 Å². The van der Waals surface area contributed by atoms with Crippen LogP contribution < -0.4 is 10.6 Å². The van der Waals surface area contributed by atoms with Gasteiger partial charge in [-0.2, -0.15) is 0 Å². The molecule has 0 spiro atoms. The molecule has 0 saturated carbocycles. The first-order valence-corrected chi connectivity index (χ1v) is 6.62. The highest BCUT2D eigenvalue weighted by Crippen LogP contribution is 2.20. The summed E-state index contributed by atoms with van der Waals surface area (Å²) in [4.78, 5) is 22.3. The van der Waals surface area contributed by atoms with Crippen molar-refractivity contribution >= 4 is 12.0 Å². The summed E-state index contributed by atoms with van der Waals surface area (Å²) in [6.45, 7) is 7.69. The number of nitrogens with one attached hydrogen (secondary N) is 2. The Kier molecular flexibility index (Phi) is 5.61. The molecule has 0 aliphatic rings. The van der Waals surface area contributed by atoms with Crippen molar-refractivity contribution in [2.75, 3.05) is 6.54 Å². The number of urea groups is 1. The van der Waals surface area contributed by atoms with Crippen molar-refractivity contribution in [2.45, 2.75) is 40.2 Å². The molecule has 3 N–H and O–H groups in total. The van der Waals surface area contributed by atoms with Crippen LogP contribution in [0.2, 0.25) is 0 Å². The summed E-state index contributed by atoms with van der Waals surface area (Å²) in [6, 6.07) is 1.42. The summed E-state index contributed by atoms with van der Waals surface area (Å²) in [6.07, 6.45) is 0.0376. The van der Waals surface area contributed by atoms with E-state index in [9.17, 15) is 9.59 Å². The number of hydrogen-bond donors (Lipinski definition) is 3. The van der Waals surface area contributed by atoms with Crippen LogP contribution in [0.5, 0.6) is 0 Å². The number of carbonyl (C=O) groups excluding carboxylic acids is 1. The molecule has 20 heavy (non-hydrogen) atoms. The smallest absolute Gasteiger partial charge is 0.315 e. The van der Waals surface area contributed by atoms with Gasteiger partial charge in [0.05, 0.1) is 6.04 Å². The molecule has 2 unspecified atom stereocenters. The summed E-state index contributed by atoms with van der Waals surface area (Å²) in [5.74, 6) is 0.625. The van der Waals surface area contributed by atoms with Gasteiger partial charge in [-0.15, -0.1) is 0 Å². The molecule has 112 valence electrons. The van der Waals surface area contributed by atoms with E-state index in [-0.39, 0.29) is 24.4 Å². The van der Waals surface area contributed by atoms with Gasteiger partial charge < -0.3 is 20.2 Å². The number of hydrogen-bond acceptors (Lipinski definition) is 3. The standard InChI is InChI=1S/C14H22N2O4/c1-8(5-13(17)18)7-15-14(19)16-10(3)12-6-9(2)20-11(12)4/h6,8,10H,5,7H2,1-4H3,(H,17,18)(H2,15,16,19). The molecular weight excluding hydrogens is 260 g/mol. The van der Waals surface area contributed by atoms with Gasteiger partial charge in [0.15, 0.2) is 0 Å². The zero-order valence-corrected chi connectivity index (χ0v) is 12.3. The van der Waals surface area contributed by atoms with E-state index in [4.69, 9.17) is 9.52 Å². The highest BCUT2D eigenvalue weighted by molar-refractivity contribution is 5.74. The predicted molar refractivity (Wildman–Crippen MR) is 74.5 cm³/mol. The normalized spacial score (nSPS) is 13.6. The molecule has 2 amide bonds. The van der Waals surface area contributed by atoms with E-state index in [1.54, 1.807) is 6.92 Å². The lowest BCUT2D eigenvalue weighted by Crippen LogP contribution is -2.39. The maximum absolute atomic E-state index is 11.7. The summed E-state index contributed by atoms with van der Waals surface area (Å²) >= 11 is 0. The number of furan rings is 1. The van der Waals surface area contributed by atoms with Gasteiger partial charge in [-0.05, 0) is 32.8 Å². The summed E-state index contributed by atoms with van der Waals surface area (Å²) < 4.78 is 5.42. The maximum Gasteiger partial charge on any atom is 0.315 e. The molecule has 2 atom stereocenters. The average molecular weight is 282 g/mol. The Balaban J connectivity index is 2.42. The molecule has 0 aliphatic heterocycles. The Hall–Kier alpha value is -1.98. The second kappa shape index (κ2) is 6.98. The monoisotopic (exact) mass is 282 g/mol. The lowest BCUT2D eigenvalue weighted by molar-refractivity contribution is -0.137. The van der Waals surface area contributed by atoms with Crippen molar-refractivity contribution in [1.82, 2.24) is 10.6 Å². The van der Waals surface area contributed by atoms with E-state index in [2.05, 4.69) is 10.6 Å². The van der Waals surface area contributed by atoms with Crippen LogP contribution in [-0.2, 0) is 4.79 Å². The number of aliphatic carboxylic acids is 1. The number of carbonyl (C=O) groups is 2. The predicted octanol–water partition coefficient (Wildman–Crippen LogP) is 2.37. The third kappa shape index (κ3) is 4.95. The van der Waals surface area contributed by atoms with Crippen LogP contribution >= 0.6 is 0 Å². The van der Waals surface area contributed by atoms with Gasteiger partial charge in [0.25, 0.3) is 0 Å². The molecule has 0 bridgehead atoms. The fraction of sp³-hybridized carbons (Fsp3) is 0.571. The first kappa shape index (κ1) is 16.1. The van der Waals surface area contributed by atoms with Gasteiger partial charge in [0.1, 0.15) is 11.5 Å². The number of carboxylic acids is 1. The van der Waals surface area contributed by atoms with Crippen molar-refractivity contribution in [3.8, 4) is 0 Å². The average Bonchev–Trinajstić information content (AvgIpc) is 2.65. The Morgan fingerprint density at radius 2 is 2.00 bits per heavy atom. The van der Waals surface area contributed by atoms with Crippen molar-refractivity contribution in [3.05, 3.63) is 23.2 Å². The lowest BCUT2D eigenvalue weighted by atomic mass is 10.1. The number of aryl methyl sites for hydroxylation is 2. The van der Waals surface area contributed by atoms with Crippen LogP contribution in [0.4, 0.5) is 4.79 Å². The molecule has 6 nitrogen and oxygen atoms in total. The van der Waals surface area contributed by atoms with Gasteiger partial charge in [0, 0.05) is 18.5 Å². The Bertz CT molecular complexity index is 482. The van der Waals surface area contributed by atoms with Crippen molar-refractivity contribution in [1.29, 1.82) is 0 Å². The van der Waals surface area contributed by atoms with Crippen molar-refractivity contribution in [2.24, 2.45) is 5.92 Å². The first-order chi connectivity index (χ1) is 9.29. The van der Waals surface area contributed by atoms with E-state index in [0.29, 0.717) is 6.54 Å². The topological polar surface area (TPSA) is 91.6 Å². The Labute approximate surface area is 118 Å². The Morgan fingerprint density at radius 1 is 1.35 bits per heavy atom. The minimum Gasteiger partial charge on any atom is -0.481 e. The van der Waals surface area contributed by atoms with E-state index >= 15 is 0 Å². The number of amides is 2. The van der Waals surface area contributed by atoms with Crippen molar-refractivity contribution in [3.63, 3.8) is 0 Å². The van der Waals surface area contributed by atoms with Crippen LogP contribution in [0, 0.1) is 19.8 Å². The Morgan fingerprint density at radius 3 is 2.50 bits per heavy atom. The number of carboxylic acid groups (broad SMARTS) is 1. The minimum atomic E-state index is -0.863. The SMILES string of the molecule is Cc1cc(C(C)NC(=O)NCC(C)CC(=O)O)c(C)o1. The first-order valence-electron chi connectivity index (χ1n) is 6.62. The molecule has 0 radical (unpaired) electrons. The molecule has 0 fully saturated rings. The zero-order chi connectivity index (χ0) is 15.3. The molecule has 1 aromatic rings. The quantitative estimate of drug-likeness (QED) is 0.747. The third-order valence-electron chi connectivity index (χ3n) is 3.03.